The lowest BCUT2D eigenvalue weighted by Gasteiger charge is -2.16. The minimum atomic E-state index is -0.0300. The molecular formula is C14H22N2O2. The molecule has 1 aromatic carbocycles. The summed E-state index contributed by atoms with van der Waals surface area (Å²) in [7, 11) is 1.63. The Morgan fingerprint density at radius 3 is 2.78 bits per heavy atom. The average Bonchev–Trinajstić information content (AvgIpc) is 2.38. The number of amides is 1. The Labute approximate surface area is 109 Å². The first-order chi connectivity index (χ1) is 8.56. The Morgan fingerprint density at radius 1 is 1.44 bits per heavy atom. The normalized spacial score (nSPS) is 13.8. The molecule has 1 unspecified atom stereocenters. The number of nitrogens with two attached hydrogens (primary N) is 1. The van der Waals surface area contributed by atoms with Crippen molar-refractivity contribution in [3.05, 3.63) is 29.8 Å². The summed E-state index contributed by atoms with van der Waals surface area (Å²) in [6.07, 6.45) is 0.463. The van der Waals surface area contributed by atoms with Gasteiger partial charge in [-0.15, -0.1) is 0 Å². The highest BCUT2D eigenvalue weighted by Crippen LogP contribution is 2.18. The molecule has 0 spiro atoms. The van der Waals surface area contributed by atoms with E-state index in [0.29, 0.717) is 13.0 Å². The SMILES string of the molecule is COc1cccc([C@H](C)NC(=O)CC(C)CN)c1. The van der Waals surface area contributed by atoms with Gasteiger partial charge in [0.05, 0.1) is 13.2 Å². The second-order valence-electron chi connectivity index (χ2n) is 4.61. The fourth-order valence-electron chi connectivity index (χ4n) is 1.69. The highest BCUT2D eigenvalue weighted by atomic mass is 16.5. The maximum Gasteiger partial charge on any atom is 0.220 e. The lowest BCUT2D eigenvalue weighted by Crippen LogP contribution is -2.29. The van der Waals surface area contributed by atoms with Crippen molar-refractivity contribution in [2.24, 2.45) is 11.7 Å². The summed E-state index contributed by atoms with van der Waals surface area (Å²) in [5.41, 5.74) is 6.53. The van der Waals surface area contributed by atoms with Crippen LogP contribution in [0.2, 0.25) is 0 Å². The van der Waals surface area contributed by atoms with Gasteiger partial charge in [-0.2, -0.15) is 0 Å². The Morgan fingerprint density at radius 2 is 2.17 bits per heavy atom. The third kappa shape index (κ3) is 4.37. The van der Waals surface area contributed by atoms with Gasteiger partial charge in [0, 0.05) is 6.42 Å². The molecule has 3 N–H and O–H groups in total. The van der Waals surface area contributed by atoms with Crippen molar-refractivity contribution in [1.82, 2.24) is 5.32 Å². The number of ether oxygens (including phenoxy) is 1. The molecule has 0 heterocycles. The summed E-state index contributed by atoms with van der Waals surface area (Å²) in [5.74, 6) is 1.04. The van der Waals surface area contributed by atoms with E-state index >= 15 is 0 Å². The van der Waals surface area contributed by atoms with E-state index in [1.165, 1.54) is 0 Å². The van der Waals surface area contributed by atoms with Crippen molar-refractivity contribution in [2.75, 3.05) is 13.7 Å². The predicted molar refractivity (Wildman–Crippen MR) is 72.4 cm³/mol. The summed E-state index contributed by atoms with van der Waals surface area (Å²) >= 11 is 0. The smallest absolute Gasteiger partial charge is 0.220 e. The molecule has 0 saturated carbocycles. The lowest BCUT2D eigenvalue weighted by molar-refractivity contribution is -0.122. The van der Waals surface area contributed by atoms with Gasteiger partial charge < -0.3 is 15.8 Å². The van der Waals surface area contributed by atoms with E-state index in [0.717, 1.165) is 11.3 Å². The highest BCUT2D eigenvalue weighted by Gasteiger charge is 2.12. The minimum Gasteiger partial charge on any atom is -0.497 e. The van der Waals surface area contributed by atoms with Gasteiger partial charge >= 0.3 is 0 Å². The van der Waals surface area contributed by atoms with E-state index in [1.807, 2.05) is 38.1 Å². The molecule has 0 saturated heterocycles. The fraction of sp³-hybridized carbons (Fsp3) is 0.500. The molecule has 4 heteroatoms. The maximum absolute atomic E-state index is 11.8. The quantitative estimate of drug-likeness (QED) is 0.810. The summed E-state index contributed by atoms with van der Waals surface area (Å²) < 4.78 is 5.16. The Bertz CT molecular complexity index is 393. The molecule has 0 aliphatic carbocycles. The molecule has 1 amide bonds. The lowest BCUT2D eigenvalue weighted by atomic mass is 10.1. The van der Waals surface area contributed by atoms with Crippen LogP contribution in [0, 0.1) is 5.92 Å². The van der Waals surface area contributed by atoms with Crippen molar-refractivity contribution < 1.29 is 9.53 Å². The second-order valence-corrected chi connectivity index (χ2v) is 4.61. The third-order valence-corrected chi connectivity index (χ3v) is 2.91. The van der Waals surface area contributed by atoms with Crippen molar-refractivity contribution in [3.63, 3.8) is 0 Å². The van der Waals surface area contributed by atoms with Crippen LogP contribution in [-0.2, 0) is 4.79 Å². The molecule has 18 heavy (non-hydrogen) atoms. The number of benzene rings is 1. The van der Waals surface area contributed by atoms with E-state index in [9.17, 15) is 4.79 Å². The molecule has 0 aliphatic heterocycles. The van der Waals surface area contributed by atoms with Crippen LogP contribution in [0.5, 0.6) is 5.75 Å². The number of carbonyl (C=O) groups excluding carboxylic acids is 1. The molecule has 0 radical (unpaired) electrons. The van der Waals surface area contributed by atoms with Gasteiger partial charge in [-0.1, -0.05) is 19.1 Å². The number of hydrogen-bond acceptors (Lipinski definition) is 3. The first-order valence-electron chi connectivity index (χ1n) is 6.20. The molecule has 0 bridgehead atoms. The molecular weight excluding hydrogens is 228 g/mol. The van der Waals surface area contributed by atoms with Crippen LogP contribution < -0.4 is 15.8 Å². The monoisotopic (exact) mass is 250 g/mol. The van der Waals surface area contributed by atoms with E-state index in [1.54, 1.807) is 7.11 Å². The van der Waals surface area contributed by atoms with Crippen LogP contribution in [0.1, 0.15) is 31.9 Å². The van der Waals surface area contributed by atoms with Gasteiger partial charge in [-0.05, 0) is 37.1 Å². The van der Waals surface area contributed by atoms with E-state index in [2.05, 4.69) is 5.32 Å². The molecule has 1 rings (SSSR count). The van der Waals surface area contributed by atoms with E-state index in [-0.39, 0.29) is 17.9 Å². The zero-order valence-electron chi connectivity index (χ0n) is 11.3. The van der Waals surface area contributed by atoms with Crippen LogP contribution in [-0.4, -0.2) is 19.6 Å². The number of rotatable bonds is 6. The Kier molecular flexibility index (Phi) is 5.65. The van der Waals surface area contributed by atoms with Crippen LogP contribution in [0.4, 0.5) is 0 Å². The molecule has 2 atom stereocenters. The predicted octanol–water partition coefficient (Wildman–Crippen LogP) is 1.86. The Balaban J connectivity index is 2.58. The van der Waals surface area contributed by atoms with Crippen LogP contribution in [0.15, 0.2) is 24.3 Å². The topological polar surface area (TPSA) is 64.3 Å². The number of hydrogen-bond donors (Lipinski definition) is 2. The molecule has 0 fully saturated rings. The Hall–Kier alpha value is -1.55. The van der Waals surface area contributed by atoms with Gasteiger partial charge in [0.15, 0.2) is 0 Å². The number of nitrogens with one attached hydrogen (secondary N) is 1. The second kappa shape index (κ2) is 7.01. The minimum absolute atomic E-state index is 0.0300. The highest BCUT2D eigenvalue weighted by molar-refractivity contribution is 5.76. The molecule has 0 aliphatic rings. The van der Waals surface area contributed by atoms with Crippen LogP contribution in [0.3, 0.4) is 0 Å². The van der Waals surface area contributed by atoms with E-state index < -0.39 is 0 Å². The van der Waals surface area contributed by atoms with Crippen molar-refractivity contribution in [1.29, 1.82) is 0 Å². The van der Waals surface area contributed by atoms with Crippen LogP contribution >= 0.6 is 0 Å². The zero-order chi connectivity index (χ0) is 13.5. The zero-order valence-corrected chi connectivity index (χ0v) is 11.3. The summed E-state index contributed by atoms with van der Waals surface area (Å²) in [4.78, 5) is 11.8. The van der Waals surface area contributed by atoms with Gasteiger partial charge in [0.2, 0.25) is 5.91 Å². The van der Waals surface area contributed by atoms with Crippen molar-refractivity contribution in [3.8, 4) is 5.75 Å². The van der Waals surface area contributed by atoms with E-state index in [4.69, 9.17) is 10.5 Å². The largest absolute Gasteiger partial charge is 0.497 e. The average molecular weight is 250 g/mol. The molecule has 4 nitrogen and oxygen atoms in total. The standard InChI is InChI=1S/C14H22N2O2/c1-10(9-15)7-14(17)16-11(2)12-5-4-6-13(8-12)18-3/h4-6,8,10-11H,7,9,15H2,1-3H3,(H,16,17)/t10?,11-/m0/s1. The van der Waals surface area contributed by atoms with Gasteiger partial charge in [0.25, 0.3) is 0 Å². The summed E-state index contributed by atoms with van der Waals surface area (Å²) in [5, 5.41) is 2.96. The number of methoxy groups -OCH3 is 1. The molecule has 100 valence electrons. The first kappa shape index (κ1) is 14.5. The molecule has 0 aromatic heterocycles. The third-order valence-electron chi connectivity index (χ3n) is 2.91. The van der Waals surface area contributed by atoms with Gasteiger partial charge in [-0.25, -0.2) is 0 Å². The maximum atomic E-state index is 11.8. The van der Waals surface area contributed by atoms with Crippen LogP contribution in [0.25, 0.3) is 0 Å². The number of carbonyl (C=O) groups is 1. The van der Waals surface area contributed by atoms with Gasteiger partial charge in [-0.3, -0.25) is 4.79 Å². The fourth-order valence-corrected chi connectivity index (χ4v) is 1.69. The van der Waals surface area contributed by atoms with Crippen molar-refractivity contribution in [2.45, 2.75) is 26.3 Å². The van der Waals surface area contributed by atoms with Crippen molar-refractivity contribution >= 4 is 5.91 Å². The molecule has 1 aromatic rings. The van der Waals surface area contributed by atoms with Gasteiger partial charge in [0.1, 0.15) is 5.75 Å². The first-order valence-corrected chi connectivity index (χ1v) is 6.20. The summed E-state index contributed by atoms with van der Waals surface area (Å²) in [6, 6.07) is 7.67. The summed E-state index contributed by atoms with van der Waals surface area (Å²) in [6.45, 7) is 4.45.